The molecular weight excluding hydrogens is 216 g/mol. The van der Waals surface area contributed by atoms with Crippen LogP contribution in [0.25, 0.3) is 0 Å². The molecule has 1 heterocycles. The van der Waals surface area contributed by atoms with E-state index in [0.717, 1.165) is 0 Å². The predicted molar refractivity (Wildman–Crippen MR) is 51.7 cm³/mol. The summed E-state index contributed by atoms with van der Waals surface area (Å²) in [7, 11) is 0. The molecule has 0 spiro atoms. The summed E-state index contributed by atoms with van der Waals surface area (Å²) < 4.78 is 0. The van der Waals surface area contributed by atoms with Gasteiger partial charge < -0.3 is 15.5 Å². The number of aromatic nitrogens is 3. The second kappa shape index (κ2) is 5.21. The first-order valence-electron chi connectivity index (χ1n) is 4.58. The minimum Gasteiger partial charge on any atom is -0.479 e. The Morgan fingerprint density at radius 1 is 1.56 bits per heavy atom. The largest absolute Gasteiger partial charge is 0.479 e. The minimum atomic E-state index is -1.48. The molecule has 88 valence electrons. The van der Waals surface area contributed by atoms with Crippen LogP contribution in [0.1, 0.15) is 22.9 Å². The molecule has 0 bridgehead atoms. The number of aliphatic carboxylic acids is 1. The van der Waals surface area contributed by atoms with Gasteiger partial charge in [0.15, 0.2) is 6.10 Å². The number of hydrogen-bond acceptors (Lipinski definition) is 5. The number of H-pyrrole nitrogens is 1. The van der Waals surface area contributed by atoms with E-state index in [-0.39, 0.29) is 18.8 Å². The Morgan fingerprint density at radius 3 is 2.75 bits per heavy atom. The maximum atomic E-state index is 11.3. The zero-order valence-corrected chi connectivity index (χ0v) is 8.60. The molecule has 0 saturated carbocycles. The average molecular weight is 228 g/mol. The van der Waals surface area contributed by atoms with Crippen molar-refractivity contribution in [1.29, 1.82) is 0 Å². The lowest BCUT2D eigenvalue weighted by molar-refractivity contribution is -0.146. The molecule has 0 saturated heterocycles. The zero-order chi connectivity index (χ0) is 12.1. The number of aryl methyl sites for hydroxylation is 1. The Morgan fingerprint density at radius 2 is 2.25 bits per heavy atom. The van der Waals surface area contributed by atoms with E-state index in [1.165, 1.54) is 0 Å². The first-order chi connectivity index (χ1) is 7.50. The number of nitrogens with one attached hydrogen (secondary N) is 2. The molecule has 1 rings (SSSR count). The second-order valence-electron chi connectivity index (χ2n) is 3.14. The van der Waals surface area contributed by atoms with Crippen molar-refractivity contribution in [1.82, 2.24) is 20.5 Å². The number of aromatic amines is 1. The third kappa shape index (κ3) is 3.31. The van der Waals surface area contributed by atoms with Crippen LogP contribution in [0.4, 0.5) is 0 Å². The molecule has 16 heavy (non-hydrogen) atoms. The highest BCUT2D eigenvalue weighted by molar-refractivity contribution is 5.90. The molecular formula is C8H12N4O4. The van der Waals surface area contributed by atoms with Gasteiger partial charge in [-0.15, -0.1) is 5.10 Å². The van der Waals surface area contributed by atoms with Gasteiger partial charge in [0.2, 0.25) is 5.82 Å². The van der Waals surface area contributed by atoms with Crippen LogP contribution in [0.5, 0.6) is 0 Å². The predicted octanol–water partition coefficient (Wildman–Crippen LogP) is -1.32. The van der Waals surface area contributed by atoms with Crippen LogP contribution >= 0.6 is 0 Å². The molecule has 8 heteroatoms. The molecule has 0 aromatic carbocycles. The quantitative estimate of drug-likeness (QED) is 0.494. The molecule has 1 aromatic rings. The summed E-state index contributed by atoms with van der Waals surface area (Å²) in [6.07, 6.45) is -1.54. The van der Waals surface area contributed by atoms with Crippen LogP contribution in [0.15, 0.2) is 0 Å². The molecule has 4 N–H and O–H groups in total. The van der Waals surface area contributed by atoms with E-state index in [1.54, 1.807) is 6.92 Å². The van der Waals surface area contributed by atoms with Crippen LogP contribution < -0.4 is 5.32 Å². The average Bonchev–Trinajstić information content (AvgIpc) is 2.64. The fourth-order valence-corrected chi connectivity index (χ4v) is 0.969. The van der Waals surface area contributed by atoms with Gasteiger partial charge in [-0.25, -0.2) is 9.78 Å². The van der Waals surface area contributed by atoms with Gasteiger partial charge in [0.25, 0.3) is 5.91 Å². The van der Waals surface area contributed by atoms with Crippen molar-refractivity contribution in [3.63, 3.8) is 0 Å². The lowest BCUT2D eigenvalue weighted by Crippen LogP contribution is -2.30. The van der Waals surface area contributed by atoms with Crippen LogP contribution in [-0.4, -0.2) is 49.9 Å². The summed E-state index contributed by atoms with van der Waals surface area (Å²) in [6, 6.07) is 0. The maximum absolute atomic E-state index is 11.3. The van der Waals surface area contributed by atoms with Gasteiger partial charge in [-0.1, -0.05) is 0 Å². The van der Waals surface area contributed by atoms with Crippen molar-refractivity contribution < 1.29 is 19.8 Å². The van der Waals surface area contributed by atoms with E-state index in [1.807, 2.05) is 0 Å². The topological polar surface area (TPSA) is 128 Å². The van der Waals surface area contributed by atoms with Gasteiger partial charge in [-0.05, 0) is 6.92 Å². The molecule has 0 aliphatic rings. The first-order valence-corrected chi connectivity index (χ1v) is 4.58. The zero-order valence-electron chi connectivity index (χ0n) is 8.60. The van der Waals surface area contributed by atoms with Gasteiger partial charge in [-0.3, -0.25) is 9.89 Å². The smallest absolute Gasteiger partial charge is 0.332 e. The minimum absolute atomic E-state index is 0.0117. The van der Waals surface area contributed by atoms with E-state index >= 15 is 0 Å². The highest BCUT2D eigenvalue weighted by Gasteiger charge is 2.14. The molecule has 0 aliphatic heterocycles. The number of aliphatic hydroxyl groups is 1. The highest BCUT2D eigenvalue weighted by atomic mass is 16.4. The van der Waals surface area contributed by atoms with Crippen LogP contribution in [0.2, 0.25) is 0 Å². The van der Waals surface area contributed by atoms with Crippen molar-refractivity contribution in [2.24, 2.45) is 0 Å². The van der Waals surface area contributed by atoms with E-state index in [4.69, 9.17) is 10.2 Å². The van der Waals surface area contributed by atoms with Gasteiger partial charge in [0.1, 0.15) is 5.82 Å². The molecule has 0 radical (unpaired) electrons. The number of aliphatic hydroxyl groups excluding tert-OH is 1. The van der Waals surface area contributed by atoms with E-state index in [0.29, 0.717) is 5.82 Å². The van der Waals surface area contributed by atoms with Crippen LogP contribution in [0.3, 0.4) is 0 Å². The molecule has 8 nitrogen and oxygen atoms in total. The maximum Gasteiger partial charge on any atom is 0.332 e. The molecule has 0 aliphatic carbocycles. The second-order valence-corrected chi connectivity index (χ2v) is 3.14. The van der Waals surface area contributed by atoms with Crippen molar-refractivity contribution in [2.75, 3.05) is 6.54 Å². The molecule has 1 unspecified atom stereocenters. The number of amides is 1. The number of carboxylic acid groups (broad SMARTS) is 1. The summed E-state index contributed by atoms with van der Waals surface area (Å²) in [5, 5.41) is 25.8. The normalized spacial score (nSPS) is 12.1. The highest BCUT2D eigenvalue weighted by Crippen LogP contribution is 1.93. The summed E-state index contributed by atoms with van der Waals surface area (Å²) in [6.45, 7) is 1.69. The number of carbonyl (C=O) groups is 2. The van der Waals surface area contributed by atoms with E-state index in [9.17, 15) is 9.59 Å². The number of carboxylic acids is 1. The SMILES string of the molecule is Cc1nc(C(=O)NCCC(O)C(=O)O)n[nH]1. The fraction of sp³-hybridized carbons (Fsp3) is 0.500. The molecule has 0 fully saturated rings. The molecule has 1 aromatic heterocycles. The van der Waals surface area contributed by atoms with Crippen molar-refractivity contribution in [3.05, 3.63) is 11.6 Å². The van der Waals surface area contributed by atoms with Gasteiger partial charge in [-0.2, -0.15) is 0 Å². The van der Waals surface area contributed by atoms with Gasteiger partial charge in [0, 0.05) is 13.0 Å². The summed E-state index contributed by atoms with van der Waals surface area (Å²) in [5.41, 5.74) is 0. The Hall–Kier alpha value is -1.96. The van der Waals surface area contributed by atoms with Crippen LogP contribution in [0, 0.1) is 6.92 Å². The number of nitrogens with zero attached hydrogens (tertiary/aromatic N) is 2. The first kappa shape index (κ1) is 12.1. The Balaban J connectivity index is 2.34. The monoisotopic (exact) mass is 228 g/mol. The lowest BCUT2D eigenvalue weighted by atomic mass is 10.2. The fourth-order valence-electron chi connectivity index (χ4n) is 0.969. The number of carbonyl (C=O) groups excluding carboxylic acids is 1. The summed E-state index contributed by atoms with van der Waals surface area (Å²) in [4.78, 5) is 25.4. The third-order valence-corrected chi connectivity index (χ3v) is 1.79. The van der Waals surface area contributed by atoms with E-state index in [2.05, 4.69) is 20.5 Å². The van der Waals surface area contributed by atoms with E-state index < -0.39 is 18.0 Å². The van der Waals surface area contributed by atoms with Crippen LogP contribution in [-0.2, 0) is 4.79 Å². The summed E-state index contributed by atoms with van der Waals surface area (Å²) in [5.74, 6) is -1.33. The Bertz CT molecular complexity index is 389. The standard InChI is InChI=1S/C8H12N4O4/c1-4-10-6(12-11-4)7(14)9-3-2-5(13)8(15)16/h5,13H,2-3H2,1H3,(H,9,14)(H,15,16)(H,10,11,12). The lowest BCUT2D eigenvalue weighted by Gasteiger charge is -2.05. The Labute approximate surface area is 90.7 Å². The number of hydrogen-bond donors (Lipinski definition) is 4. The van der Waals surface area contributed by atoms with Crippen molar-refractivity contribution in [3.8, 4) is 0 Å². The molecule has 1 atom stereocenters. The van der Waals surface area contributed by atoms with Crippen molar-refractivity contribution >= 4 is 11.9 Å². The van der Waals surface area contributed by atoms with Gasteiger partial charge >= 0.3 is 5.97 Å². The number of rotatable bonds is 5. The Kier molecular flexibility index (Phi) is 3.95. The molecule has 1 amide bonds. The summed E-state index contributed by atoms with van der Waals surface area (Å²) >= 11 is 0. The van der Waals surface area contributed by atoms with Crippen molar-refractivity contribution in [2.45, 2.75) is 19.4 Å². The third-order valence-electron chi connectivity index (χ3n) is 1.79. The van der Waals surface area contributed by atoms with Gasteiger partial charge in [0.05, 0.1) is 0 Å².